The molecule has 6 heteroatoms. The number of carboxylic acids is 1. The highest BCUT2D eigenvalue weighted by atomic mass is 19.1. The number of benzene rings is 1. The molecule has 1 aromatic carbocycles. The van der Waals surface area contributed by atoms with Crippen LogP contribution in [0.4, 0.5) is 4.39 Å². The van der Waals surface area contributed by atoms with Gasteiger partial charge in [-0.25, -0.2) is 9.18 Å². The summed E-state index contributed by atoms with van der Waals surface area (Å²) in [4.78, 5) is 23.0. The highest BCUT2D eigenvalue weighted by Gasteiger charge is 2.25. The molecule has 1 heterocycles. The summed E-state index contributed by atoms with van der Waals surface area (Å²) in [5.74, 6) is -2.49. The van der Waals surface area contributed by atoms with Gasteiger partial charge in [-0.05, 0) is 19.1 Å². The number of carboxylic acid groups (broad SMARTS) is 1. The van der Waals surface area contributed by atoms with Crippen molar-refractivity contribution < 1.29 is 23.6 Å². The fourth-order valence-electron chi connectivity index (χ4n) is 1.56. The molecule has 2 rings (SSSR count). The monoisotopic (exact) mass is 249 g/mol. The van der Waals surface area contributed by atoms with Crippen LogP contribution in [0.3, 0.4) is 0 Å². The van der Waals surface area contributed by atoms with Gasteiger partial charge in [-0.2, -0.15) is 0 Å². The number of halogens is 1. The maximum absolute atomic E-state index is 13.0. The van der Waals surface area contributed by atoms with Crippen LogP contribution in [0.1, 0.15) is 32.2 Å². The molecule has 0 aliphatic heterocycles. The second kappa shape index (κ2) is 4.40. The molecule has 0 unspecified atom stereocenters. The van der Waals surface area contributed by atoms with E-state index in [1.165, 1.54) is 25.1 Å². The Bertz CT molecular complexity index is 633. The normalized spacial score (nSPS) is 10.3. The molecule has 0 bridgehead atoms. The van der Waals surface area contributed by atoms with Crippen LogP contribution in [0.2, 0.25) is 0 Å². The number of aromatic carboxylic acids is 1. The number of rotatable bonds is 3. The Hall–Kier alpha value is -2.50. The van der Waals surface area contributed by atoms with Crippen molar-refractivity contribution >= 4 is 11.8 Å². The van der Waals surface area contributed by atoms with Gasteiger partial charge in [-0.1, -0.05) is 17.3 Å². The molecular weight excluding hydrogens is 241 g/mol. The molecule has 0 amide bonds. The highest BCUT2D eigenvalue weighted by Crippen LogP contribution is 2.18. The summed E-state index contributed by atoms with van der Waals surface area (Å²) in [6, 6.07) is 4.98. The Labute approximate surface area is 101 Å². The number of hydrogen-bond donors (Lipinski definition) is 1. The summed E-state index contributed by atoms with van der Waals surface area (Å²) in [6.45, 7) is 1.42. The van der Waals surface area contributed by atoms with Gasteiger partial charge in [0.1, 0.15) is 11.6 Å². The number of hydrogen-bond acceptors (Lipinski definition) is 4. The third-order valence-corrected chi connectivity index (χ3v) is 2.38. The van der Waals surface area contributed by atoms with Gasteiger partial charge in [0.2, 0.25) is 5.69 Å². The molecule has 0 fully saturated rings. The van der Waals surface area contributed by atoms with Gasteiger partial charge in [0.05, 0.1) is 5.56 Å². The number of ketones is 1. The summed E-state index contributed by atoms with van der Waals surface area (Å²) < 4.78 is 17.7. The standard InChI is InChI=1S/C12H8FNO4/c1-6-9(10(12(16)17)14-18-6)11(15)7-3-2-4-8(13)5-7/h2-5H,1H3,(H,16,17). The minimum Gasteiger partial charge on any atom is -0.476 e. The van der Waals surface area contributed by atoms with E-state index in [1.807, 2.05) is 0 Å². The quantitative estimate of drug-likeness (QED) is 0.842. The molecule has 18 heavy (non-hydrogen) atoms. The van der Waals surface area contributed by atoms with Crippen molar-refractivity contribution in [3.8, 4) is 0 Å². The van der Waals surface area contributed by atoms with Gasteiger partial charge in [0, 0.05) is 5.56 Å². The minimum atomic E-state index is -1.37. The van der Waals surface area contributed by atoms with Gasteiger partial charge in [-0.3, -0.25) is 4.79 Å². The molecule has 0 atom stereocenters. The molecule has 0 saturated carbocycles. The van der Waals surface area contributed by atoms with E-state index in [0.717, 1.165) is 6.07 Å². The van der Waals surface area contributed by atoms with Crippen LogP contribution in [0.25, 0.3) is 0 Å². The molecule has 0 aliphatic carbocycles. The van der Waals surface area contributed by atoms with Gasteiger partial charge < -0.3 is 9.63 Å². The fraction of sp³-hybridized carbons (Fsp3) is 0.0833. The van der Waals surface area contributed by atoms with E-state index in [9.17, 15) is 14.0 Å². The number of aromatic nitrogens is 1. The molecule has 5 nitrogen and oxygen atoms in total. The topological polar surface area (TPSA) is 80.4 Å². The minimum absolute atomic E-state index is 0.0452. The summed E-state index contributed by atoms with van der Waals surface area (Å²) in [7, 11) is 0. The Morgan fingerprint density at radius 1 is 1.39 bits per heavy atom. The maximum Gasteiger partial charge on any atom is 0.358 e. The molecule has 0 saturated heterocycles. The van der Waals surface area contributed by atoms with E-state index in [1.54, 1.807) is 0 Å². The SMILES string of the molecule is Cc1onc(C(=O)O)c1C(=O)c1cccc(F)c1. The van der Waals surface area contributed by atoms with Crippen LogP contribution in [-0.2, 0) is 0 Å². The fourth-order valence-corrected chi connectivity index (χ4v) is 1.56. The summed E-state index contributed by atoms with van der Waals surface area (Å²) in [5, 5.41) is 12.2. The van der Waals surface area contributed by atoms with E-state index < -0.39 is 23.3 Å². The smallest absolute Gasteiger partial charge is 0.358 e. The molecular formula is C12H8FNO4. The summed E-state index contributed by atoms with van der Waals surface area (Å²) >= 11 is 0. The zero-order chi connectivity index (χ0) is 13.3. The molecule has 1 aromatic heterocycles. The molecule has 0 spiro atoms. The zero-order valence-corrected chi connectivity index (χ0v) is 9.31. The first kappa shape index (κ1) is 12.0. The number of carbonyl (C=O) groups excluding carboxylic acids is 1. The number of aryl methyl sites for hydroxylation is 1. The van der Waals surface area contributed by atoms with Crippen LogP contribution >= 0.6 is 0 Å². The average Bonchev–Trinajstić information content (AvgIpc) is 2.70. The van der Waals surface area contributed by atoms with Gasteiger partial charge >= 0.3 is 5.97 Å². The van der Waals surface area contributed by atoms with Crippen LogP contribution in [0, 0.1) is 12.7 Å². The lowest BCUT2D eigenvalue weighted by atomic mass is 10.0. The van der Waals surface area contributed by atoms with Crippen LogP contribution < -0.4 is 0 Å². The highest BCUT2D eigenvalue weighted by molar-refractivity contribution is 6.14. The summed E-state index contributed by atoms with van der Waals surface area (Å²) in [5.41, 5.74) is -0.585. The van der Waals surface area contributed by atoms with Gasteiger partial charge in [-0.15, -0.1) is 0 Å². The van der Waals surface area contributed by atoms with Crippen molar-refractivity contribution in [2.45, 2.75) is 6.92 Å². The lowest BCUT2D eigenvalue weighted by molar-refractivity contribution is 0.0682. The predicted octanol–water partition coefficient (Wildman–Crippen LogP) is 2.05. The second-order valence-corrected chi connectivity index (χ2v) is 3.61. The average molecular weight is 249 g/mol. The maximum atomic E-state index is 13.0. The van der Waals surface area contributed by atoms with E-state index in [-0.39, 0.29) is 16.9 Å². The molecule has 0 radical (unpaired) electrons. The van der Waals surface area contributed by atoms with Gasteiger partial charge in [0.25, 0.3) is 0 Å². The van der Waals surface area contributed by atoms with Crippen molar-refractivity contribution in [2.24, 2.45) is 0 Å². The Morgan fingerprint density at radius 3 is 2.72 bits per heavy atom. The zero-order valence-electron chi connectivity index (χ0n) is 9.31. The lowest BCUT2D eigenvalue weighted by Gasteiger charge is -2.00. The third-order valence-electron chi connectivity index (χ3n) is 2.38. The van der Waals surface area contributed by atoms with E-state index in [2.05, 4.69) is 9.68 Å². The van der Waals surface area contributed by atoms with Crippen molar-refractivity contribution in [1.29, 1.82) is 0 Å². The first-order chi connectivity index (χ1) is 8.50. The van der Waals surface area contributed by atoms with Crippen LogP contribution in [-0.4, -0.2) is 22.0 Å². The van der Waals surface area contributed by atoms with Crippen LogP contribution in [0.5, 0.6) is 0 Å². The first-order valence-electron chi connectivity index (χ1n) is 5.00. The Kier molecular flexibility index (Phi) is 2.93. The molecule has 0 aliphatic rings. The van der Waals surface area contributed by atoms with E-state index in [0.29, 0.717) is 0 Å². The Balaban J connectivity index is 2.52. The molecule has 2 aromatic rings. The predicted molar refractivity (Wildman–Crippen MR) is 58.0 cm³/mol. The lowest BCUT2D eigenvalue weighted by Crippen LogP contribution is -2.09. The molecule has 92 valence electrons. The number of carbonyl (C=O) groups is 2. The van der Waals surface area contributed by atoms with Gasteiger partial charge in [0.15, 0.2) is 5.78 Å². The van der Waals surface area contributed by atoms with Crippen molar-refractivity contribution in [2.75, 3.05) is 0 Å². The van der Waals surface area contributed by atoms with Crippen molar-refractivity contribution in [1.82, 2.24) is 5.16 Å². The first-order valence-corrected chi connectivity index (χ1v) is 5.00. The second-order valence-electron chi connectivity index (χ2n) is 3.61. The van der Waals surface area contributed by atoms with Crippen molar-refractivity contribution in [3.05, 3.63) is 52.7 Å². The van der Waals surface area contributed by atoms with E-state index >= 15 is 0 Å². The van der Waals surface area contributed by atoms with E-state index in [4.69, 9.17) is 5.11 Å². The van der Waals surface area contributed by atoms with Crippen molar-refractivity contribution in [3.63, 3.8) is 0 Å². The number of nitrogens with zero attached hydrogens (tertiary/aromatic N) is 1. The molecule has 1 N–H and O–H groups in total. The van der Waals surface area contributed by atoms with Crippen LogP contribution in [0.15, 0.2) is 28.8 Å². The largest absolute Gasteiger partial charge is 0.476 e. The summed E-state index contributed by atoms with van der Waals surface area (Å²) in [6.07, 6.45) is 0. The third kappa shape index (κ3) is 2.00. The Morgan fingerprint density at radius 2 is 2.11 bits per heavy atom.